The molecule has 31 heavy (non-hydrogen) atoms. The molecule has 3 aliphatic heterocycles. The maximum atomic E-state index is 13.0. The molecule has 0 aliphatic carbocycles. The van der Waals surface area contributed by atoms with Crippen LogP contribution in [0.2, 0.25) is 0 Å². The third-order valence-electron chi connectivity index (χ3n) is 7.10. The van der Waals surface area contributed by atoms with Gasteiger partial charge in [-0.15, -0.1) is 12.8 Å². The second-order valence-corrected chi connectivity index (χ2v) is 8.38. The quantitative estimate of drug-likeness (QED) is 0.359. The van der Waals surface area contributed by atoms with E-state index in [9.17, 15) is 4.79 Å². The van der Waals surface area contributed by atoms with Crippen molar-refractivity contribution in [2.45, 2.75) is 31.8 Å². The summed E-state index contributed by atoms with van der Waals surface area (Å²) >= 11 is 0. The van der Waals surface area contributed by atoms with Crippen LogP contribution in [0, 0.1) is 12.8 Å². The van der Waals surface area contributed by atoms with Crippen molar-refractivity contribution in [2.24, 2.45) is 0 Å². The number of fused-ring (bicyclic) bond motifs is 13. The number of carbonyl (C=O) groups excluding carboxylic acids is 1. The highest BCUT2D eigenvalue weighted by Crippen LogP contribution is 2.52. The lowest BCUT2D eigenvalue weighted by molar-refractivity contribution is -0.0229. The van der Waals surface area contributed by atoms with Crippen LogP contribution in [0.3, 0.4) is 0 Å². The van der Waals surface area contributed by atoms with Crippen LogP contribution in [0.25, 0.3) is 43.6 Å². The molecule has 1 fully saturated rings. The number of para-hydroxylation sites is 2. The predicted molar refractivity (Wildman–Crippen MR) is 122 cm³/mol. The number of hydrogen-bond donors (Lipinski definition) is 1. The molecule has 0 spiro atoms. The second-order valence-electron chi connectivity index (χ2n) is 8.38. The van der Waals surface area contributed by atoms with Crippen LogP contribution < -0.4 is 5.32 Å². The Kier molecular flexibility index (Phi) is 3.12. The molecule has 1 N–H and O–H groups in total. The number of hydrogen-bond acceptors (Lipinski definition) is 2. The predicted octanol–water partition coefficient (Wildman–Crippen LogP) is 5.22. The molecule has 3 aromatic carbocycles. The summed E-state index contributed by atoms with van der Waals surface area (Å²) in [5.74, 6) is 0.0389. The van der Waals surface area contributed by atoms with Crippen molar-refractivity contribution in [1.82, 2.24) is 14.5 Å². The fourth-order valence-corrected chi connectivity index (χ4v) is 6.09. The van der Waals surface area contributed by atoms with Crippen molar-refractivity contribution in [3.8, 4) is 12.8 Å². The van der Waals surface area contributed by atoms with Gasteiger partial charge in [-0.05, 0) is 30.5 Å². The Morgan fingerprint density at radius 2 is 1.39 bits per heavy atom. The number of nitrogens with one attached hydrogen (secondary N) is 1. The number of terminal acetylenes is 1. The van der Waals surface area contributed by atoms with E-state index < -0.39 is 0 Å². The van der Waals surface area contributed by atoms with E-state index in [1.165, 1.54) is 21.8 Å². The maximum absolute atomic E-state index is 13.0. The van der Waals surface area contributed by atoms with Crippen molar-refractivity contribution < 1.29 is 9.53 Å². The van der Waals surface area contributed by atoms with Crippen LogP contribution in [-0.2, 0) is 11.3 Å². The van der Waals surface area contributed by atoms with Crippen LogP contribution in [0.1, 0.15) is 41.2 Å². The molecule has 150 valence electrons. The summed E-state index contributed by atoms with van der Waals surface area (Å²) in [4.78, 5) is 13.0. The fraction of sp³-hybridized carbons (Fsp3) is 0.192. The Morgan fingerprint density at radius 3 is 2.03 bits per heavy atom. The average molecular weight is 405 g/mol. The normalized spacial score (nSPS) is 20.9. The summed E-state index contributed by atoms with van der Waals surface area (Å²) in [6.45, 7) is 0.586. The number of amides is 1. The van der Waals surface area contributed by atoms with Crippen LogP contribution in [0.5, 0.6) is 0 Å². The van der Waals surface area contributed by atoms with Crippen molar-refractivity contribution >= 4 is 49.5 Å². The van der Waals surface area contributed by atoms with E-state index in [-0.39, 0.29) is 18.4 Å². The van der Waals surface area contributed by atoms with Crippen molar-refractivity contribution in [3.05, 3.63) is 59.7 Å². The molecule has 8 rings (SSSR count). The van der Waals surface area contributed by atoms with Gasteiger partial charge in [0.25, 0.3) is 5.91 Å². The first-order chi connectivity index (χ1) is 15.3. The van der Waals surface area contributed by atoms with E-state index in [1.54, 1.807) is 0 Å². The highest BCUT2D eigenvalue weighted by molar-refractivity contribution is 6.30. The molecule has 0 radical (unpaired) electrons. The van der Waals surface area contributed by atoms with Gasteiger partial charge < -0.3 is 19.2 Å². The number of carbonyl (C=O) groups is 1. The Balaban J connectivity index is 0.000000834. The highest BCUT2D eigenvalue weighted by atomic mass is 16.5. The van der Waals surface area contributed by atoms with Crippen molar-refractivity contribution in [2.75, 3.05) is 0 Å². The highest BCUT2D eigenvalue weighted by Gasteiger charge is 2.39. The van der Waals surface area contributed by atoms with Crippen LogP contribution in [-0.4, -0.2) is 15.0 Å². The minimum Gasteiger partial charge on any atom is -0.348 e. The third kappa shape index (κ3) is 1.81. The lowest BCUT2D eigenvalue weighted by Crippen LogP contribution is -2.12. The standard InChI is InChI=1S/C24H17N3O2.C2H2/c28-24-21-14(11-25-24)19-12-5-1-3-7-15(12)26-17-9-10-18(29-17)27-16-8-4-2-6-13(16)20(21)23(27)22(19)26;1-2/h1-8,17-18H,9-11H2,(H,25,28);1-2H. The van der Waals surface area contributed by atoms with Crippen LogP contribution in [0.4, 0.5) is 0 Å². The van der Waals surface area contributed by atoms with E-state index in [0.29, 0.717) is 6.54 Å². The van der Waals surface area contributed by atoms with Gasteiger partial charge in [0, 0.05) is 28.1 Å². The van der Waals surface area contributed by atoms with Gasteiger partial charge >= 0.3 is 0 Å². The van der Waals surface area contributed by atoms with Gasteiger partial charge in [0.05, 0.1) is 27.6 Å². The zero-order valence-electron chi connectivity index (χ0n) is 16.8. The molecule has 5 heteroatoms. The summed E-state index contributed by atoms with van der Waals surface area (Å²) in [6.07, 6.45) is 10.0. The van der Waals surface area contributed by atoms with Gasteiger partial charge in [-0.1, -0.05) is 36.4 Å². The Hall–Kier alpha value is -3.75. The monoisotopic (exact) mass is 405 g/mol. The molecule has 5 nitrogen and oxygen atoms in total. The first kappa shape index (κ1) is 17.0. The summed E-state index contributed by atoms with van der Waals surface area (Å²) in [5, 5.41) is 7.75. The molecule has 2 aromatic heterocycles. The lowest BCUT2D eigenvalue weighted by Gasteiger charge is -2.15. The molecule has 1 amide bonds. The zero-order valence-corrected chi connectivity index (χ0v) is 16.8. The third-order valence-corrected chi connectivity index (χ3v) is 7.10. The minimum atomic E-state index is 0.00627. The fourth-order valence-electron chi connectivity index (χ4n) is 6.09. The van der Waals surface area contributed by atoms with Crippen LogP contribution >= 0.6 is 0 Å². The number of aromatic nitrogens is 2. The molecule has 2 bridgehead atoms. The summed E-state index contributed by atoms with van der Waals surface area (Å²) in [7, 11) is 0. The summed E-state index contributed by atoms with van der Waals surface area (Å²) in [6, 6.07) is 17.0. The van der Waals surface area contributed by atoms with Gasteiger partial charge in [-0.3, -0.25) is 4.79 Å². The van der Waals surface area contributed by atoms with E-state index in [2.05, 4.69) is 75.8 Å². The first-order valence-electron chi connectivity index (χ1n) is 10.6. The van der Waals surface area contributed by atoms with E-state index in [4.69, 9.17) is 4.74 Å². The van der Waals surface area contributed by atoms with E-state index in [1.807, 2.05) is 0 Å². The smallest absolute Gasteiger partial charge is 0.252 e. The van der Waals surface area contributed by atoms with Gasteiger partial charge in [0.1, 0.15) is 12.5 Å². The molecule has 5 heterocycles. The Labute approximate surface area is 178 Å². The molecule has 2 atom stereocenters. The number of rotatable bonds is 0. The van der Waals surface area contributed by atoms with Crippen molar-refractivity contribution in [3.63, 3.8) is 0 Å². The second kappa shape index (κ2) is 5.69. The summed E-state index contributed by atoms with van der Waals surface area (Å²) < 4.78 is 11.4. The van der Waals surface area contributed by atoms with Crippen LogP contribution in [0.15, 0.2) is 48.5 Å². The Bertz CT molecular complexity index is 1620. The van der Waals surface area contributed by atoms with E-state index in [0.717, 1.165) is 45.8 Å². The number of nitrogens with zero attached hydrogens (tertiary/aromatic N) is 2. The first-order valence-corrected chi connectivity index (χ1v) is 10.6. The van der Waals surface area contributed by atoms with Gasteiger partial charge in [-0.25, -0.2) is 0 Å². The van der Waals surface area contributed by atoms with Crippen molar-refractivity contribution in [1.29, 1.82) is 0 Å². The summed E-state index contributed by atoms with van der Waals surface area (Å²) in [5.41, 5.74) is 6.71. The molecule has 5 aromatic rings. The molecule has 2 unspecified atom stereocenters. The molecule has 0 saturated carbocycles. The maximum Gasteiger partial charge on any atom is 0.252 e. The molecule has 3 aliphatic rings. The van der Waals surface area contributed by atoms with E-state index >= 15 is 0 Å². The molecular weight excluding hydrogens is 386 g/mol. The largest absolute Gasteiger partial charge is 0.348 e. The Morgan fingerprint density at radius 1 is 0.839 bits per heavy atom. The topological polar surface area (TPSA) is 48.2 Å². The van der Waals surface area contributed by atoms with Gasteiger partial charge in [0.2, 0.25) is 0 Å². The van der Waals surface area contributed by atoms with Gasteiger partial charge in [-0.2, -0.15) is 0 Å². The van der Waals surface area contributed by atoms with Gasteiger partial charge in [0.15, 0.2) is 0 Å². The zero-order chi connectivity index (χ0) is 20.9. The number of ether oxygens (including phenoxy) is 1. The minimum absolute atomic E-state index is 0.00627. The molecular formula is C26H19N3O2. The lowest BCUT2D eigenvalue weighted by atomic mass is 9.97. The number of benzene rings is 3. The average Bonchev–Trinajstić information content (AvgIpc) is 3.54. The SMILES string of the molecule is C#C.O=C1NCc2c1c1c3ccccc3n3c1c1c2c2ccccc2n1C1CCC3O1. The molecule has 1 saturated heterocycles.